The summed E-state index contributed by atoms with van der Waals surface area (Å²) in [6.07, 6.45) is 1.17. The first-order valence-corrected chi connectivity index (χ1v) is 9.15. The van der Waals surface area contributed by atoms with Gasteiger partial charge in [0.2, 0.25) is 0 Å². The fraction of sp³-hybridized carbons (Fsp3) is 0.267. The van der Waals surface area contributed by atoms with Crippen molar-refractivity contribution in [3.8, 4) is 0 Å². The number of hydrogen-bond acceptors (Lipinski definition) is 4. The lowest BCUT2D eigenvalue weighted by Crippen LogP contribution is -2.25. The summed E-state index contributed by atoms with van der Waals surface area (Å²) in [5.74, 6) is -0.118. The van der Waals surface area contributed by atoms with E-state index in [0.29, 0.717) is 4.88 Å². The average Bonchev–Trinajstić information content (AvgIpc) is 2.84. The Labute approximate surface area is 128 Å². The molecule has 0 saturated carbocycles. The second-order valence-corrected chi connectivity index (χ2v) is 8.25. The molecule has 2 aromatic rings. The van der Waals surface area contributed by atoms with E-state index in [1.807, 2.05) is 19.9 Å². The van der Waals surface area contributed by atoms with Crippen LogP contribution in [-0.2, 0) is 9.84 Å². The maximum atomic E-state index is 12.1. The van der Waals surface area contributed by atoms with Crippen LogP contribution < -0.4 is 5.32 Å². The van der Waals surface area contributed by atoms with Gasteiger partial charge in [-0.2, -0.15) is 0 Å². The van der Waals surface area contributed by atoms with Crippen LogP contribution in [0, 0.1) is 6.92 Å². The van der Waals surface area contributed by atoms with Gasteiger partial charge in [0.05, 0.1) is 15.8 Å². The average molecular weight is 323 g/mol. The van der Waals surface area contributed by atoms with Gasteiger partial charge in [-0.05, 0) is 43.7 Å². The third-order valence-electron chi connectivity index (χ3n) is 3.12. The monoisotopic (exact) mass is 323 g/mol. The summed E-state index contributed by atoms with van der Waals surface area (Å²) in [5.41, 5.74) is 0.865. The van der Waals surface area contributed by atoms with E-state index in [1.54, 1.807) is 30.3 Å². The zero-order chi connectivity index (χ0) is 15.6. The summed E-state index contributed by atoms with van der Waals surface area (Å²) in [4.78, 5) is 14.1. The molecule has 1 aromatic heterocycles. The minimum absolute atomic E-state index is 0.118. The molecular formula is C15H17NO3S2. The zero-order valence-electron chi connectivity index (χ0n) is 12.1. The van der Waals surface area contributed by atoms with Crippen molar-refractivity contribution in [3.63, 3.8) is 0 Å². The van der Waals surface area contributed by atoms with Crippen molar-refractivity contribution in [2.24, 2.45) is 0 Å². The summed E-state index contributed by atoms with van der Waals surface area (Å²) in [6.45, 7) is 3.82. The third-order valence-corrected chi connectivity index (χ3v) is 5.25. The molecule has 6 heteroatoms. The molecule has 0 unspecified atom stereocenters. The molecule has 1 aromatic carbocycles. The zero-order valence-corrected chi connectivity index (χ0v) is 13.7. The topological polar surface area (TPSA) is 63.2 Å². The third kappa shape index (κ3) is 3.92. The Morgan fingerprint density at radius 1 is 1.14 bits per heavy atom. The highest BCUT2D eigenvalue weighted by Crippen LogP contribution is 2.19. The van der Waals surface area contributed by atoms with E-state index >= 15 is 0 Å². The molecule has 21 heavy (non-hydrogen) atoms. The van der Waals surface area contributed by atoms with Crippen molar-refractivity contribution in [1.29, 1.82) is 0 Å². The molecule has 0 aliphatic carbocycles. The number of thiophene rings is 1. The molecular weight excluding hydrogens is 306 g/mol. The van der Waals surface area contributed by atoms with Crippen molar-refractivity contribution in [3.05, 3.63) is 51.7 Å². The van der Waals surface area contributed by atoms with Gasteiger partial charge in [-0.25, -0.2) is 8.42 Å². The summed E-state index contributed by atoms with van der Waals surface area (Å²) in [6, 6.07) is 10.1. The molecule has 0 aliphatic rings. The van der Waals surface area contributed by atoms with Gasteiger partial charge in [0, 0.05) is 11.1 Å². The Hall–Kier alpha value is -1.66. The summed E-state index contributed by atoms with van der Waals surface area (Å²) < 4.78 is 22.8. The number of nitrogens with one attached hydrogen (secondary N) is 1. The number of benzene rings is 1. The SMILES string of the molecule is Cc1ccc(C(=O)N[C@@H](C)c2ccc(S(C)(=O)=O)cc2)s1. The second-order valence-electron chi connectivity index (χ2n) is 4.95. The normalized spacial score (nSPS) is 12.9. The fourth-order valence-electron chi connectivity index (χ4n) is 1.91. The molecule has 0 fully saturated rings. The lowest BCUT2D eigenvalue weighted by Gasteiger charge is -2.14. The van der Waals surface area contributed by atoms with Crippen LogP contribution in [0.25, 0.3) is 0 Å². The molecule has 0 radical (unpaired) electrons. The van der Waals surface area contributed by atoms with E-state index < -0.39 is 9.84 Å². The van der Waals surface area contributed by atoms with Crippen molar-refractivity contribution in [2.45, 2.75) is 24.8 Å². The summed E-state index contributed by atoms with van der Waals surface area (Å²) >= 11 is 1.45. The highest BCUT2D eigenvalue weighted by molar-refractivity contribution is 7.90. The molecule has 0 aliphatic heterocycles. The number of sulfone groups is 1. The van der Waals surface area contributed by atoms with Crippen LogP contribution in [0.1, 0.15) is 33.1 Å². The Balaban J connectivity index is 2.10. The van der Waals surface area contributed by atoms with Crippen LogP contribution in [0.2, 0.25) is 0 Å². The van der Waals surface area contributed by atoms with Gasteiger partial charge in [-0.3, -0.25) is 4.79 Å². The first-order chi connectivity index (χ1) is 9.77. The number of amides is 1. The van der Waals surface area contributed by atoms with Crippen molar-refractivity contribution >= 4 is 27.1 Å². The Morgan fingerprint density at radius 2 is 1.76 bits per heavy atom. The first kappa shape index (κ1) is 15.7. The quantitative estimate of drug-likeness (QED) is 0.941. The molecule has 1 heterocycles. The molecule has 1 amide bonds. The van der Waals surface area contributed by atoms with Crippen LogP contribution >= 0.6 is 11.3 Å². The van der Waals surface area contributed by atoms with Crippen LogP contribution in [0.3, 0.4) is 0 Å². The van der Waals surface area contributed by atoms with Crippen LogP contribution in [0.4, 0.5) is 0 Å². The van der Waals surface area contributed by atoms with Crippen molar-refractivity contribution in [2.75, 3.05) is 6.26 Å². The molecule has 112 valence electrons. The second kappa shape index (κ2) is 5.99. The number of rotatable bonds is 4. The van der Waals surface area contributed by atoms with E-state index in [-0.39, 0.29) is 16.8 Å². The lowest BCUT2D eigenvalue weighted by atomic mass is 10.1. The van der Waals surface area contributed by atoms with E-state index in [9.17, 15) is 13.2 Å². The predicted octanol–water partition coefficient (Wildman–Crippen LogP) is 2.95. The molecule has 0 saturated heterocycles. The van der Waals surface area contributed by atoms with Gasteiger partial charge in [0.15, 0.2) is 9.84 Å². The van der Waals surface area contributed by atoms with Gasteiger partial charge in [-0.15, -0.1) is 11.3 Å². The smallest absolute Gasteiger partial charge is 0.261 e. The first-order valence-electron chi connectivity index (χ1n) is 6.44. The summed E-state index contributed by atoms with van der Waals surface area (Å²) in [5, 5.41) is 2.91. The Kier molecular flexibility index (Phi) is 4.49. The lowest BCUT2D eigenvalue weighted by molar-refractivity contribution is 0.0944. The minimum Gasteiger partial charge on any atom is -0.345 e. The van der Waals surface area contributed by atoms with Crippen LogP contribution in [0.15, 0.2) is 41.3 Å². The molecule has 2 rings (SSSR count). The van der Waals surface area contributed by atoms with E-state index in [4.69, 9.17) is 0 Å². The van der Waals surface area contributed by atoms with Gasteiger partial charge in [0.1, 0.15) is 0 Å². The number of aryl methyl sites for hydroxylation is 1. The van der Waals surface area contributed by atoms with Gasteiger partial charge in [0.25, 0.3) is 5.91 Å². The number of carbonyl (C=O) groups excluding carboxylic acids is 1. The standard InChI is InChI=1S/C15H17NO3S2/c1-10-4-9-14(20-10)15(17)16-11(2)12-5-7-13(8-6-12)21(3,18)19/h4-9,11H,1-3H3,(H,16,17)/t11-/m0/s1. The van der Waals surface area contributed by atoms with E-state index in [1.165, 1.54) is 17.6 Å². The van der Waals surface area contributed by atoms with Crippen LogP contribution in [-0.4, -0.2) is 20.6 Å². The highest BCUT2D eigenvalue weighted by atomic mass is 32.2. The van der Waals surface area contributed by atoms with Gasteiger partial charge in [-0.1, -0.05) is 12.1 Å². The van der Waals surface area contributed by atoms with Crippen LogP contribution in [0.5, 0.6) is 0 Å². The van der Waals surface area contributed by atoms with E-state index in [0.717, 1.165) is 10.4 Å². The molecule has 1 N–H and O–H groups in total. The van der Waals surface area contributed by atoms with Gasteiger partial charge >= 0.3 is 0 Å². The minimum atomic E-state index is -3.19. The molecule has 0 spiro atoms. The largest absolute Gasteiger partial charge is 0.345 e. The number of carbonyl (C=O) groups is 1. The van der Waals surface area contributed by atoms with Crippen molar-refractivity contribution in [1.82, 2.24) is 5.32 Å². The molecule has 1 atom stereocenters. The molecule has 0 bridgehead atoms. The maximum Gasteiger partial charge on any atom is 0.261 e. The number of hydrogen-bond donors (Lipinski definition) is 1. The predicted molar refractivity (Wildman–Crippen MR) is 84.5 cm³/mol. The Morgan fingerprint density at radius 3 is 2.24 bits per heavy atom. The Bertz CT molecular complexity index is 745. The molecule has 4 nitrogen and oxygen atoms in total. The maximum absolute atomic E-state index is 12.1. The van der Waals surface area contributed by atoms with Gasteiger partial charge < -0.3 is 5.32 Å². The van der Waals surface area contributed by atoms with E-state index in [2.05, 4.69) is 5.32 Å². The highest BCUT2D eigenvalue weighted by Gasteiger charge is 2.14. The van der Waals surface area contributed by atoms with Crippen molar-refractivity contribution < 1.29 is 13.2 Å². The summed E-state index contributed by atoms with van der Waals surface area (Å²) in [7, 11) is -3.19. The fourth-order valence-corrected chi connectivity index (χ4v) is 3.31.